The summed E-state index contributed by atoms with van der Waals surface area (Å²) in [6, 6.07) is 7.10. The van der Waals surface area contributed by atoms with Crippen molar-refractivity contribution in [3.05, 3.63) is 29.8 Å². The first-order valence-electron chi connectivity index (χ1n) is 5.17. The Morgan fingerprint density at radius 2 is 1.88 bits per heavy atom. The summed E-state index contributed by atoms with van der Waals surface area (Å²) in [6.45, 7) is 0.447. The predicted molar refractivity (Wildman–Crippen MR) is 67.3 cm³/mol. The molecule has 0 saturated heterocycles. The van der Waals surface area contributed by atoms with Crippen molar-refractivity contribution in [3.63, 3.8) is 0 Å². The molecule has 0 radical (unpaired) electrons. The van der Waals surface area contributed by atoms with Crippen molar-refractivity contribution in [3.8, 4) is 0 Å². The van der Waals surface area contributed by atoms with Gasteiger partial charge in [0.2, 0.25) is 5.91 Å². The fourth-order valence-corrected chi connectivity index (χ4v) is 1.78. The molecule has 0 aliphatic rings. The van der Waals surface area contributed by atoms with E-state index in [0.29, 0.717) is 12.2 Å². The van der Waals surface area contributed by atoms with Crippen LogP contribution in [0.5, 0.6) is 0 Å². The number of carbonyl (C=O) groups is 1. The number of carbonyl (C=O) groups excluding carboxylic acids is 1. The van der Waals surface area contributed by atoms with Gasteiger partial charge in [0, 0.05) is 24.9 Å². The third-order valence-corrected chi connectivity index (χ3v) is 3.12. The molecule has 94 valence electrons. The van der Waals surface area contributed by atoms with Crippen LogP contribution in [0.15, 0.2) is 24.3 Å². The van der Waals surface area contributed by atoms with Crippen LogP contribution in [0.1, 0.15) is 12.0 Å². The maximum atomic E-state index is 11.4. The zero-order valence-corrected chi connectivity index (χ0v) is 10.5. The number of sulfone groups is 1. The molecule has 0 fully saturated rings. The first-order chi connectivity index (χ1) is 7.90. The summed E-state index contributed by atoms with van der Waals surface area (Å²) in [5, 5.41) is 2.62. The third-order valence-electron chi connectivity index (χ3n) is 2.17. The smallest absolute Gasteiger partial charge is 0.225 e. The van der Waals surface area contributed by atoms with E-state index >= 15 is 0 Å². The molecule has 0 bridgehead atoms. The van der Waals surface area contributed by atoms with Crippen LogP contribution in [0.25, 0.3) is 0 Å². The van der Waals surface area contributed by atoms with Gasteiger partial charge in [-0.2, -0.15) is 0 Å². The van der Waals surface area contributed by atoms with Crippen LogP contribution in [0, 0.1) is 0 Å². The molecule has 0 atom stereocenters. The second-order valence-electron chi connectivity index (χ2n) is 3.83. The van der Waals surface area contributed by atoms with Gasteiger partial charge in [-0.05, 0) is 17.7 Å². The molecule has 0 saturated carbocycles. The van der Waals surface area contributed by atoms with Gasteiger partial charge < -0.3 is 11.1 Å². The van der Waals surface area contributed by atoms with Gasteiger partial charge in [-0.15, -0.1) is 0 Å². The summed E-state index contributed by atoms with van der Waals surface area (Å²) in [6.07, 6.45) is 1.08. The molecule has 17 heavy (non-hydrogen) atoms. The standard InChI is InChI=1S/C11H16N2O3S/c1-17(15,16)7-6-11(14)13-10-4-2-9(8-12)3-5-10/h2-5H,6-8,12H2,1H3,(H,13,14). The van der Waals surface area contributed by atoms with Crippen molar-refractivity contribution < 1.29 is 13.2 Å². The SMILES string of the molecule is CS(=O)(=O)CCC(=O)Nc1ccc(CN)cc1. The van der Waals surface area contributed by atoms with E-state index in [1.54, 1.807) is 12.1 Å². The van der Waals surface area contributed by atoms with Crippen LogP contribution >= 0.6 is 0 Å². The summed E-state index contributed by atoms with van der Waals surface area (Å²) in [4.78, 5) is 11.4. The molecule has 5 nitrogen and oxygen atoms in total. The number of benzene rings is 1. The summed E-state index contributed by atoms with van der Waals surface area (Å²) in [7, 11) is -3.10. The Balaban J connectivity index is 2.50. The van der Waals surface area contributed by atoms with E-state index in [9.17, 15) is 13.2 Å². The maximum Gasteiger partial charge on any atom is 0.225 e. The Kier molecular flexibility index (Phi) is 4.65. The average Bonchev–Trinajstić information content (AvgIpc) is 2.27. The lowest BCUT2D eigenvalue weighted by atomic mass is 10.2. The van der Waals surface area contributed by atoms with Crippen molar-refractivity contribution in [2.75, 3.05) is 17.3 Å². The van der Waals surface area contributed by atoms with E-state index in [2.05, 4.69) is 5.32 Å². The molecule has 0 aliphatic carbocycles. The molecule has 1 aromatic rings. The number of nitrogens with one attached hydrogen (secondary N) is 1. The molecule has 3 N–H and O–H groups in total. The van der Waals surface area contributed by atoms with Gasteiger partial charge in [-0.25, -0.2) is 8.42 Å². The largest absolute Gasteiger partial charge is 0.326 e. The number of nitrogens with two attached hydrogens (primary N) is 1. The highest BCUT2D eigenvalue weighted by molar-refractivity contribution is 7.90. The minimum Gasteiger partial charge on any atom is -0.326 e. The quantitative estimate of drug-likeness (QED) is 0.803. The van der Waals surface area contributed by atoms with E-state index in [4.69, 9.17) is 5.73 Å². The summed E-state index contributed by atoms with van der Waals surface area (Å²) in [5.74, 6) is -0.448. The highest BCUT2D eigenvalue weighted by Crippen LogP contribution is 2.09. The molecule has 0 aliphatic heterocycles. The molecule has 0 unspecified atom stereocenters. The van der Waals surface area contributed by atoms with Gasteiger partial charge in [0.1, 0.15) is 9.84 Å². The van der Waals surface area contributed by atoms with Gasteiger partial charge in [0.25, 0.3) is 0 Å². The zero-order chi connectivity index (χ0) is 12.9. The number of rotatable bonds is 5. The molecular weight excluding hydrogens is 240 g/mol. The number of amides is 1. The lowest BCUT2D eigenvalue weighted by Gasteiger charge is -2.05. The number of anilines is 1. The van der Waals surface area contributed by atoms with Crippen LogP contribution in [0.2, 0.25) is 0 Å². The predicted octanol–water partition coefficient (Wildman–Crippen LogP) is 0.518. The van der Waals surface area contributed by atoms with Gasteiger partial charge in [0.05, 0.1) is 5.75 Å². The van der Waals surface area contributed by atoms with E-state index in [0.717, 1.165) is 11.8 Å². The zero-order valence-electron chi connectivity index (χ0n) is 9.64. The number of hydrogen-bond acceptors (Lipinski definition) is 4. The fraction of sp³-hybridized carbons (Fsp3) is 0.364. The minimum absolute atomic E-state index is 0.0303. The Hall–Kier alpha value is -1.40. The Morgan fingerprint density at radius 3 is 2.35 bits per heavy atom. The molecule has 1 aromatic carbocycles. The van der Waals surface area contributed by atoms with E-state index in [1.165, 1.54) is 0 Å². The maximum absolute atomic E-state index is 11.4. The van der Waals surface area contributed by atoms with Crippen LogP contribution in [-0.2, 0) is 21.2 Å². The topological polar surface area (TPSA) is 89.3 Å². The van der Waals surface area contributed by atoms with Gasteiger partial charge >= 0.3 is 0 Å². The molecule has 1 amide bonds. The Morgan fingerprint density at radius 1 is 1.29 bits per heavy atom. The third kappa shape index (κ3) is 5.46. The first-order valence-corrected chi connectivity index (χ1v) is 7.23. The second-order valence-corrected chi connectivity index (χ2v) is 6.09. The van der Waals surface area contributed by atoms with Gasteiger partial charge in [-0.3, -0.25) is 4.79 Å². The van der Waals surface area contributed by atoms with Crippen LogP contribution in [-0.4, -0.2) is 26.3 Å². The fourth-order valence-electron chi connectivity index (χ4n) is 1.23. The molecule has 6 heteroatoms. The normalized spacial score (nSPS) is 11.2. The summed E-state index contributed by atoms with van der Waals surface area (Å²) >= 11 is 0. The monoisotopic (exact) mass is 256 g/mol. The highest BCUT2D eigenvalue weighted by Gasteiger charge is 2.07. The van der Waals surface area contributed by atoms with Crippen molar-refractivity contribution in [2.24, 2.45) is 5.73 Å². The van der Waals surface area contributed by atoms with E-state index in [-0.39, 0.29) is 18.1 Å². The lowest BCUT2D eigenvalue weighted by Crippen LogP contribution is -2.16. The van der Waals surface area contributed by atoms with Gasteiger partial charge in [-0.1, -0.05) is 12.1 Å². The summed E-state index contributed by atoms with van der Waals surface area (Å²) < 4.78 is 21.8. The van der Waals surface area contributed by atoms with Crippen LogP contribution in [0.3, 0.4) is 0 Å². The highest BCUT2D eigenvalue weighted by atomic mass is 32.2. The lowest BCUT2D eigenvalue weighted by molar-refractivity contribution is -0.115. The second kappa shape index (κ2) is 5.79. The molecule has 0 spiro atoms. The van der Waals surface area contributed by atoms with E-state index in [1.807, 2.05) is 12.1 Å². The van der Waals surface area contributed by atoms with Crippen molar-refractivity contribution in [1.82, 2.24) is 0 Å². The summed E-state index contributed by atoms with van der Waals surface area (Å²) in [5.41, 5.74) is 7.05. The van der Waals surface area contributed by atoms with Crippen molar-refractivity contribution in [1.29, 1.82) is 0 Å². The molecule has 1 rings (SSSR count). The molecular formula is C11H16N2O3S. The average molecular weight is 256 g/mol. The Labute approximate surface area is 101 Å². The molecule has 0 aromatic heterocycles. The van der Waals surface area contributed by atoms with Crippen LogP contribution < -0.4 is 11.1 Å². The van der Waals surface area contributed by atoms with Crippen molar-refractivity contribution >= 4 is 21.4 Å². The minimum atomic E-state index is -3.10. The Bertz CT molecular complexity index is 480. The van der Waals surface area contributed by atoms with E-state index < -0.39 is 9.84 Å². The van der Waals surface area contributed by atoms with Gasteiger partial charge in [0.15, 0.2) is 0 Å². The number of hydrogen-bond donors (Lipinski definition) is 2. The molecule has 0 heterocycles. The van der Waals surface area contributed by atoms with Crippen molar-refractivity contribution in [2.45, 2.75) is 13.0 Å². The van der Waals surface area contributed by atoms with Crippen LogP contribution in [0.4, 0.5) is 5.69 Å². The first kappa shape index (κ1) is 13.7.